The molecule has 14 aromatic rings. The lowest BCUT2D eigenvalue weighted by Crippen LogP contribution is -2.74. The van der Waals surface area contributed by atoms with Crippen LogP contribution in [0.4, 0.5) is 0 Å². The number of rotatable bonds is 8. The van der Waals surface area contributed by atoms with Gasteiger partial charge in [-0.1, -0.05) is 206 Å². The van der Waals surface area contributed by atoms with Crippen molar-refractivity contribution in [1.82, 2.24) is 23.7 Å². The highest BCUT2D eigenvalue weighted by atomic mass is 28.3. The average Bonchev–Trinajstić information content (AvgIpc) is 4.08. The molecule has 0 bridgehead atoms. The third-order valence-electron chi connectivity index (χ3n) is 14.4. The number of aromatic nitrogens is 5. The largest absolute Gasteiger partial charge is 0.309 e. The number of para-hydroxylation sites is 5. The second-order valence-electron chi connectivity index (χ2n) is 18.1. The van der Waals surface area contributed by atoms with Crippen molar-refractivity contribution in [3.8, 4) is 28.7 Å². The van der Waals surface area contributed by atoms with Gasteiger partial charge in [0.15, 0.2) is 8.07 Å². The maximum absolute atomic E-state index is 5.66. The van der Waals surface area contributed by atoms with E-state index in [-0.39, 0.29) is 0 Å². The standard InChI is InChI=1S/C64H43N5Si/c1-4-22-46(23-5-1)70(47-24-6-2-7-25-47,48-26-8-3-9-27-48)49-28-20-21-44(41-49)56-43-63(68-59-36-17-12-31-52(59)53-32-13-18-37-60(53)68)66-64(65-56)69-61-38-19-14-33-54(61)55-42-45(39-40-62(55)69)67-57-34-15-10-29-50(57)51-30-11-16-35-58(51)67/h1-43H. The Bertz CT molecular complexity index is 4100. The van der Waals surface area contributed by atoms with Crippen LogP contribution in [0.1, 0.15) is 0 Å². The maximum atomic E-state index is 5.66. The molecule has 0 saturated heterocycles. The molecule has 0 aliphatic rings. The second-order valence-corrected chi connectivity index (χ2v) is 21.9. The predicted molar refractivity (Wildman–Crippen MR) is 294 cm³/mol. The summed E-state index contributed by atoms with van der Waals surface area (Å²) in [6.07, 6.45) is 0. The van der Waals surface area contributed by atoms with Crippen LogP contribution in [0.15, 0.2) is 261 Å². The molecule has 0 atom stereocenters. The van der Waals surface area contributed by atoms with Crippen molar-refractivity contribution in [2.24, 2.45) is 0 Å². The molecule has 4 heterocycles. The van der Waals surface area contributed by atoms with Gasteiger partial charge in [0.05, 0.1) is 38.8 Å². The number of nitrogens with zero attached hydrogens (tertiary/aromatic N) is 5. The molecule has 0 radical (unpaired) electrons. The van der Waals surface area contributed by atoms with Crippen molar-refractivity contribution in [3.05, 3.63) is 261 Å². The van der Waals surface area contributed by atoms with E-state index in [1.54, 1.807) is 0 Å². The second kappa shape index (κ2) is 16.0. The summed E-state index contributed by atoms with van der Waals surface area (Å²) in [7, 11) is -2.86. The van der Waals surface area contributed by atoms with Crippen LogP contribution >= 0.6 is 0 Å². The molecule has 328 valence electrons. The fourth-order valence-corrected chi connectivity index (χ4v) is 16.2. The molecule has 0 saturated carbocycles. The maximum Gasteiger partial charge on any atom is 0.237 e. The molecule has 6 heteroatoms. The van der Waals surface area contributed by atoms with Gasteiger partial charge in [-0.15, -0.1) is 0 Å². The first-order valence-corrected chi connectivity index (χ1v) is 25.9. The van der Waals surface area contributed by atoms with E-state index in [0.717, 1.165) is 55.6 Å². The van der Waals surface area contributed by atoms with E-state index in [1.165, 1.54) is 53.3 Å². The SMILES string of the molecule is c1ccc([Si](c2ccccc2)(c2ccccc2)c2cccc(-c3cc(-n4c5ccccc5c5ccccc54)nc(-n4c5ccccc5c5cc(-n6c7ccccc7c7ccccc76)ccc54)n3)c2)cc1. The van der Waals surface area contributed by atoms with Crippen molar-refractivity contribution >= 4 is 94.2 Å². The molecule has 0 unspecified atom stereocenters. The molecule has 14 rings (SSSR count). The Balaban J connectivity index is 1.04. The summed E-state index contributed by atoms with van der Waals surface area (Å²) in [6.45, 7) is 0. The van der Waals surface area contributed by atoms with Crippen LogP contribution < -0.4 is 20.7 Å². The lowest BCUT2D eigenvalue weighted by atomic mass is 10.1. The van der Waals surface area contributed by atoms with Gasteiger partial charge in [-0.05, 0) is 69.3 Å². The van der Waals surface area contributed by atoms with Crippen molar-refractivity contribution in [2.75, 3.05) is 0 Å². The summed E-state index contributed by atoms with van der Waals surface area (Å²) in [5.41, 5.74) is 9.59. The minimum absolute atomic E-state index is 0.605. The predicted octanol–water partition coefficient (Wildman–Crippen LogP) is 12.8. The molecule has 70 heavy (non-hydrogen) atoms. The minimum Gasteiger partial charge on any atom is -0.309 e. The van der Waals surface area contributed by atoms with Crippen LogP contribution in [0.2, 0.25) is 0 Å². The molecule has 10 aromatic carbocycles. The zero-order chi connectivity index (χ0) is 46.2. The first kappa shape index (κ1) is 40.0. The minimum atomic E-state index is -2.86. The lowest BCUT2D eigenvalue weighted by molar-refractivity contribution is 0.952. The van der Waals surface area contributed by atoms with E-state index in [4.69, 9.17) is 9.97 Å². The van der Waals surface area contributed by atoms with E-state index < -0.39 is 8.07 Å². The molecular weight excluding hydrogens is 867 g/mol. The number of hydrogen-bond acceptors (Lipinski definition) is 2. The average molecular weight is 910 g/mol. The Morgan fingerprint density at radius 3 is 1.17 bits per heavy atom. The summed E-state index contributed by atoms with van der Waals surface area (Å²) in [4.78, 5) is 11.3. The van der Waals surface area contributed by atoms with E-state index >= 15 is 0 Å². The lowest BCUT2D eigenvalue weighted by Gasteiger charge is -2.34. The van der Waals surface area contributed by atoms with Gasteiger partial charge in [0.2, 0.25) is 5.95 Å². The first-order chi connectivity index (χ1) is 34.7. The Kier molecular flexibility index (Phi) is 9.15. The van der Waals surface area contributed by atoms with Crippen LogP contribution in [-0.4, -0.2) is 31.7 Å². The molecule has 0 amide bonds. The highest BCUT2D eigenvalue weighted by Crippen LogP contribution is 2.38. The third-order valence-corrected chi connectivity index (χ3v) is 19.2. The zero-order valence-electron chi connectivity index (χ0n) is 38.1. The summed E-state index contributed by atoms with van der Waals surface area (Å²) >= 11 is 0. The van der Waals surface area contributed by atoms with Crippen LogP contribution in [0.5, 0.6) is 0 Å². The van der Waals surface area contributed by atoms with Crippen molar-refractivity contribution in [1.29, 1.82) is 0 Å². The highest BCUT2D eigenvalue weighted by Gasteiger charge is 2.41. The third kappa shape index (κ3) is 6.03. The van der Waals surface area contributed by atoms with Gasteiger partial charge in [-0.3, -0.25) is 9.13 Å². The molecule has 0 N–H and O–H groups in total. The molecule has 4 aromatic heterocycles. The summed E-state index contributed by atoms with van der Waals surface area (Å²) < 4.78 is 6.97. The first-order valence-electron chi connectivity index (χ1n) is 23.9. The molecule has 0 fully saturated rings. The van der Waals surface area contributed by atoms with Gasteiger partial charge in [-0.2, -0.15) is 4.98 Å². The smallest absolute Gasteiger partial charge is 0.237 e. The van der Waals surface area contributed by atoms with Gasteiger partial charge in [0.25, 0.3) is 0 Å². The van der Waals surface area contributed by atoms with Crippen LogP contribution in [0.3, 0.4) is 0 Å². The molecule has 0 aliphatic heterocycles. The summed E-state index contributed by atoms with van der Waals surface area (Å²) in [5, 5.41) is 12.4. The van der Waals surface area contributed by atoms with Crippen LogP contribution in [0, 0.1) is 0 Å². The Morgan fingerprint density at radius 2 is 0.671 bits per heavy atom. The normalized spacial score (nSPS) is 12.0. The quantitative estimate of drug-likeness (QED) is 0.113. The van der Waals surface area contributed by atoms with Crippen molar-refractivity contribution in [2.45, 2.75) is 0 Å². The van der Waals surface area contributed by atoms with Crippen LogP contribution in [-0.2, 0) is 0 Å². The van der Waals surface area contributed by atoms with Gasteiger partial charge in [-0.25, -0.2) is 4.98 Å². The molecule has 0 aliphatic carbocycles. The fraction of sp³-hybridized carbons (Fsp3) is 0. The topological polar surface area (TPSA) is 40.6 Å². The number of hydrogen-bond donors (Lipinski definition) is 0. The summed E-state index contributed by atoms with van der Waals surface area (Å²) in [5.74, 6) is 1.40. The molecule has 5 nitrogen and oxygen atoms in total. The Morgan fingerprint density at radius 1 is 0.271 bits per heavy atom. The zero-order valence-corrected chi connectivity index (χ0v) is 39.1. The fourth-order valence-electron chi connectivity index (χ4n) is 11.4. The Hall–Kier alpha value is -9.10. The molecular formula is C64H43N5Si. The van der Waals surface area contributed by atoms with Gasteiger partial charge in [0.1, 0.15) is 5.82 Å². The summed E-state index contributed by atoms with van der Waals surface area (Å²) in [6, 6.07) is 94.9. The monoisotopic (exact) mass is 909 g/mol. The van der Waals surface area contributed by atoms with E-state index in [9.17, 15) is 0 Å². The van der Waals surface area contributed by atoms with Crippen molar-refractivity contribution in [3.63, 3.8) is 0 Å². The van der Waals surface area contributed by atoms with Crippen molar-refractivity contribution < 1.29 is 0 Å². The van der Waals surface area contributed by atoms with E-state index in [0.29, 0.717) is 5.95 Å². The van der Waals surface area contributed by atoms with Gasteiger partial charge in [0, 0.05) is 49.6 Å². The number of benzene rings is 10. The van der Waals surface area contributed by atoms with E-state index in [1.807, 2.05) is 0 Å². The highest BCUT2D eigenvalue weighted by molar-refractivity contribution is 7.19. The Labute approximate surface area is 405 Å². The van der Waals surface area contributed by atoms with Gasteiger partial charge < -0.3 is 4.57 Å². The van der Waals surface area contributed by atoms with Gasteiger partial charge >= 0.3 is 0 Å². The number of fused-ring (bicyclic) bond motifs is 9. The van der Waals surface area contributed by atoms with Crippen LogP contribution in [0.25, 0.3) is 94.1 Å². The molecule has 0 spiro atoms. The van der Waals surface area contributed by atoms with E-state index in [2.05, 4.69) is 275 Å².